The molecule has 0 bridgehead atoms. The summed E-state index contributed by atoms with van der Waals surface area (Å²) in [5.74, 6) is 0.274. The maximum atomic E-state index is 12.5. The molecule has 0 atom stereocenters. The monoisotopic (exact) mass is 372 g/mol. The summed E-state index contributed by atoms with van der Waals surface area (Å²) in [6.45, 7) is 0.984. The Bertz CT molecular complexity index is 828. The first-order valence-corrected chi connectivity index (χ1v) is 9.02. The summed E-state index contributed by atoms with van der Waals surface area (Å²) in [5, 5.41) is 0. The summed E-state index contributed by atoms with van der Waals surface area (Å²) in [6.07, 6.45) is -1.56. The standard InChI is InChI=1S/C16H15F3N2O3S/c17-16(18,19)12-3-5-13(6-4-12)24-15-8-7-14(11-20-15)25(22,23)21-9-1-2-10-21/h3-8,11H,1-2,9-10H2. The minimum atomic E-state index is -4.41. The maximum absolute atomic E-state index is 12.5. The third-order valence-electron chi connectivity index (χ3n) is 3.82. The molecule has 1 aliphatic rings. The van der Waals surface area contributed by atoms with Crippen LogP contribution in [0.5, 0.6) is 11.6 Å². The molecule has 0 amide bonds. The van der Waals surface area contributed by atoms with Gasteiger partial charge in [0.15, 0.2) is 0 Å². The second-order valence-electron chi connectivity index (χ2n) is 5.57. The molecule has 9 heteroatoms. The number of ether oxygens (including phenoxy) is 1. The van der Waals surface area contributed by atoms with Crippen LogP contribution in [0.3, 0.4) is 0 Å². The summed E-state index contributed by atoms with van der Waals surface area (Å²) in [5.41, 5.74) is -0.778. The highest BCUT2D eigenvalue weighted by atomic mass is 32.2. The van der Waals surface area contributed by atoms with Crippen LogP contribution in [0.25, 0.3) is 0 Å². The number of halogens is 3. The normalized spacial score (nSPS) is 16.1. The molecule has 134 valence electrons. The summed E-state index contributed by atoms with van der Waals surface area (Å²) in [7, 11) is -3.56. The van der Waals surface area contributed by atoms with Crippen molar-refractivity contribution in [3.63, 3.8) is 0 Å². The van der Waals surface area contributed by atoms with Gasteiger partial charge in [0, 0.05) is 19.2 Å². The van der Waals surface area contributed by atoms with Crippen molar-refractivity contribution < 1.29 is 26.3 Å². The van der Waals surface area contributed by atoms with Gasteiger partial charge >= 0.3 is 6.18 Å². The molecular formula is C16H15F3N2O3S. The van der Waals surface area contributed by atoms with Crippen LogP contribution in [0, 0.1) is 0 Å². The van der Waals surface area contributed by atoms with Crippen molar-refractivity contribution >= 4 is 10.0 Å². The van der Waals surface area contributed by atoms with E-state index in [0.717, 1.165) is 25.0 Å². The second-order valence-corrected chi connectivity index (χ2v) is 7.51. The predicted octanol–water partition coefficient (Wildman–Crippen LogP) is 3.68. The van der Waals surface area contributed by atoms with Crippen LogP contribution in [-0.4, -0.2) is 30.8 Å². The molecule has 25 heavy (non-hydrogen) atoms. The van der Waals surface area contributed by atoms with Crippen LogP contribution >= 0.6 is 0 Å². The predicted molar refractivity (Wildman–Crippen MR) is 83.7 cm³/mol. The molecule has 0 radical (unpaired) electrons. The lowest BCUT2D eigenvalue weighted by Gasteiger charge is -2.15. The van der Waals surface area contributed by atoms with E-state index in [1.165, 1.54) is 34.8 Å². The minimum Gasteiger partial charge on any atom is -0.439 e. The van der Waals surface area contributed by atoms with Crippen molar-refractivity contribution in [2.75, 3.05) is 13.1 Å². The van der Waals surface area contributed by atoms with Gasteiger partial charge in [-0.25, -0.2) is 13.4 Å². The number of pyridine rings is 1. The van der Waals surface area contributed by atoms with E-state index in [4.69, 9.17) is 4.74 Å². The average Bonchev–Trinajstić information content (AvgIpc) is 3.10. The van der Waals surface area contributed by atoms with E-state index in [-0.39, 0.29) is 16.5 Å². The molecule has 1 aliphatic heterocycles. The third-order valence-corrected chi connectivity index (χ3v) is 5.70. The smallest absolute Gasteiger partial charge is 0.416 e. The molecule has 5 nitrogen and oxygen atoms in total. The van der Waals surface area contributed by atoms with Crippen molar-refractivity contribution in [3.05, 3.63) is 48.2 Å². The molecule has 1 saturated heterocycles. The Hall–Kier alpha value is -2.13. The van der Waals surface area contributed by atoms with Gasteiger partial charge in [-0.1, -0.05) is 0 Å². The molecule has 1 aromatic heterocycles. The van der Waals surface area contributed by atoms with Crippen LogP contribution in [0.15, 0.2) is 47.5 Å². The Morgan fingerprint density at radius 3 is 2.16 bits per heavy atom. The highest BCUT2D eigenvalue weighted by Crippen LogP contribution is 2.31. The molecule has 2 aromatic rings. The topological polar surface area (TPSA) is 59.5 Å². The van der Waals surface area contributed by atoms with Crippen molar-refractivity contribution in [1.29, 1.82) is 0 Å². The third kappa shape index (κ3) is 3.93. The number of benzene rings is 1. The molecule has 0 saturated carbocycles. The number of hydrogen-bond donors (Lipinski definition) is 0. The van der Waals surface area contributed by atoms with E-state index >= 15 is 0 Å². The highest BCUT2D eigenvalue weighted by molar-refractivity contribution is 7.89. The fourth-order valence-electron chi connectivity index (χ4n) is 2.49. The van der Waals surface area contributed by atoms with Crippen molar-refractivity contribution in [1.82, 2.24) is 9.29 Å². The number of alkyl halides is 3. The Kier molecular flexibility index (Phi) is 4.70. The summed E-state index contributed by atoms with van der Waals surface area (Å²) < 4.78 is 69.1. The highest BCUT2D eigenvalue weighted by Gasteiger charge is 2.30. The first kappa shape index (κ1) is 17.7. The summed E-state index contributed by atoms with van der Waals surface area (Å²) in [4.78, 5) is 4.00. The van der Waals surface area contributed by atoms with E-state index in [9.17, 15) is 21.6 Å². The summed E-state index contributed by atoms with van der Waals surface area (Å²) >= 11 is 0. The van der Waals surface area contributed by atoms with Crippen molar-refractivity contribution in [2.45, 2.75) is 23.9 Å². The Labute approximate surface area is 143 Å². The first-order chi connectivity index (χ1) is 11.8. The van der Waals surface area contributed by atoms with Crippen molar-refractivity contribution in [3.8, 4) is 11.6 Å². The zero-order chi connectivity index (χ0) is 18.1. The lowest BCUT2D eigenvalue weighted by atomic mass is 10.2. The van der Waals surface area contributed by atoms with Crippen LogP contribution < -0.4 is 4.74 Å². The molecule has 1 fully saturated rings. The van der Waals surface area contributed by atoms with Crippen molar-refractivity contribution in [2.24, 2.45) is 0 Å². The Morgan fingerprint density at radius 1 is 1.00 bits per heavy atom. The average molecular weight is 372 g/mol. The van der Waals surface area contributed by atoms with E-state index in [1.54, 1.807) is 0 Å². The van der Waals surface area contributed by atoms with Crippen LogP contribution in [0.4, 0.5) is 13.2 Å². The largest absolute Gasteiger partial charge is 0.439 e. The Balaban J connectivity index is 1.72. The number of aromatic nitrogens is 1. The SMILES string of the molecule is O=S(=O)(c1ccc(Oc2ccc(C(F)(F)F)cc2)nc1)N1CCCC1. The first-order valence-electron chi connectivity index (χ1n) is 7.58. The molecule has 0 aliphatic carbocycles. The quantitative estimate of drug-likeness (QED) is 0.822. The molecule has 0 unspecified atom stereocenters. The number of rotatable bonds is 4. The molecule has 3 rings (SSSR count). The number of nitrogens with zero attached hydrogens (tertiary/aromatic N) is 2. The fourth-order valence-corrected chi connectivity index (χ4v) is 3.95. The molecular weight excluding hydrogens is 357 g/mol. The zero-order valence-electron chi connectivity index (χ0n) is 13.0. The van der Waals surface area contributed by atoms with Gasteiger partial charge in [-0.15, -0.1) is 0 Å². The van der Waals surface area contributed by atoms with Crippen LogP contribution in [0.1, 0.15) is 18.4 Å². The van der Waals surface area contributed by atoms with E-state index < -0.39 is 21.8 Å². The molecule has 0 N–H and O–H groups in total. The van der Waals surface area contributed by atoms with Gasteiger partial charge in [0.1, 0.15) is 10.6 Å². The summed E-state index contributed by atoms with van der Waals surface area (Å²) in [6, 6.07) is 6.92. The van der Waals surface area contributed by atoms with E-state index in [2.05, 4.69) is 4.98 Å². The van der Waals surface area contributed by atoms with Gasteiger partial charge in [0.2, 0.25) is 15.9 Å². The maximum Gasteiger partial charge on any atom is 0.416 e. The van der Waals surface area contributed by atoms with Crippen LogP contribution in [-0.2, 0) is 16.2 Å². The van der Waals surface area contributed by atoms with Gasteiger partial charge in [-0.2, -0.15) is 17.5 Å². The number of hydrogen-bond acceptors (Lipinski definition) is 4. The van der Waals surface area contributed by atoms with Gasteiger partial charge in [0.25, 0.3) is 0 Å². The lowest BCUT2D eigenvalue weighted by molar-refractivity contribution is -0.137. The van der Waals surface area contributed by atoms with Gasteiger partial charge in [-0.3, -0.25) is 0 Å². The molecule has 1 aromatic carbocycles. The fraction of sp³-hybridized carbons (Fsp3) is 0.312. The lowest BCUT2D eigenvalue weighted by Crippen LogP contribution is -2.27. The van der Waals surface area contributed by atoms with Gasteiger partial charge < -0.3 is 4.74 Å². The molecule has 0 spiro atoms. The Morgan fingerprint density at radius 2 is 1.64 bits per heavy atom. The molecule has 2 heterocycles. The minimum absolute atomic E-state index is 0.0640. The van der Waals surface area contributed by atoms with E-state index in [0.29, 0.717) is 13.1 Å². The zero-order valence-corrected chi connectivity index (χ0v) is 13.8. The second kappa shape index (κ2) is 6.64. The number of sulfonamides is 1. The van der Waals surface area contributed by atoms with E-state index in [1.807, 2.05) is 0 Å². The van der Waals surface area contributed by atoms with Crippen LogP contribution in [0.2, 0.25) is 0 Å². The van der Waals surface area contributed by atoms with Gasteiger partial charge in [-0.05, 0) is 43.2 Å². The van der Waals surface area contributed by atoms with Gasteiger partial charge in [0.05, 0.1) is 11.8 Å².